The summed E-state index contributed by atoms with van der Waals surface area (Å²) in [6.07, 6.45) is 3.81. The number of hydrogen-bond donors (Lipinski definition) is 1. The van der Waals surface area contributed by atoms with Crippen molar-refractivity contribution in [2.24, 2.45) is 0 Å². The molecule has 1 N–H and O–H groups in total. The van der Waals surface area contributed by atoms with E-state index in [4.69, 9.17) is 4.74 Å². The molecule has 1 aromatic carbocycles. The maximum absolute atomic E-state index is 5.80. The van der Waals surface area contributed by atoms with Crippen molar-refractivity contribution in [3.05, 3.63) is 29.8 Å². The van der Waals surface area contributed by atoms with Crippen LogP contribution in [0.4, 0.5) is 0 Å². The Labute approximate surface area is 105 Å². The van der Waals surface area contributed by atoms with Crippen molar-refractivity contribution in [1.29, 1.82) is 0 Å². The lowest BCUT2D eigenvalue weighted by Gasteiger charge is -2.13. The molecule has 1 aromatic rings. The van der Waals surface area contributed by atoms with Crippen LogP contribution in [0.25, 0.3) is 0 Å². The van der Waals surface area contributed by atoms with Gasteiger partial charge >= 0.3 is 0 Å². The van der Waals surface area contributed by atoms with Gasteiger partial charge in [0.2, 0.25) is 0 Å². The Morgan fingerprint density at radius 2 is 2.12 bits per heavy atom. The van der Waals surface area contributed by atoms with Gasteiger partial charge in [-0.25, -0.2) is 0 Å². The summed E-state index contributed by atoms with van der Waals surface area (Å²) in [6.45, 7) is 8.47. The molecule has 0 aromatic heterocycles. The van der Waals surface area contributed by atoms with Gasteiger partial charge in [-0.15, -0.1) is 0 Å². The number of benzene rings is 1. The van der Waals surface area contributed by atoms with Gasteiger partial charge in [-0.1, -0.05) is 32.4 Å². The quantitative estimate of drug-likeness (QED) is 0.693. The highest BCUT2D eigenvalue weighted by Gasteiger charge is 2.01. The molecule has 0 spiro atoms. The lowest BCUT2D eigenvalue weighted by atomic mass is 10.2. The molecule has 0 radical (unpaired) electrons. The van der Waals surface area contributed by atoms with Gasteiger partial charge in [0.1, 0.15) is 5.75 Å². The number of unbranched alkanes of at least 4 members (excludes halogenated alkanes) is 1. The van der Waals surface area contributed by atoms with Crippen molar-refractivity contribution >= 4 is 0 Å². The standard InChI is InChI=1S/C15H25NO/c1-4-6-10-16-12-14-8-7-9-15(11-14)17-13(3)5-2/h7-9,11,13,16H,4-6,10,12H2,1-3H3. The molecule has 0 fully saturated rings. The summed E-state index contributed by atoms with van der Waals surface area (Å²) in [5, 5.41) is 3.44. The summed E-state index contributed by atoms with van der Waals surface area (Å²) in [7, 11) is 0. The fourth-order valence-electron chi connectivity index (χ4n) is 1.58. The van der Waals surface area contributed by atoms with E-state index in [1.165, 1.54) is 18.4 Å². The highest BCUT2D eigenvalue weighted by Crippen LogP contribution is 2.15. The molecule has 0 aliphatic heterocycles. The lowest BCUT2D eigenvalue weighted by Crippen LogP contribution is -2.15. The zero-order chi connectivity index (χ0) is 12.5. The molecule has 1 unspecified atom stereocenters. The second-order valence-corrected chi connectivity index (χ2v) is 4.51. The summed E-state index contributed by atoms with van der Waals surface area (Å²) < 4.78 is 5.80. The molecule has 0 saturated heterocycles. The SMILES string of the molecule is CCCCNCc1cccc(OC(C)CC)c1. The summed E-state index contributed by atoms with van der Waals surface area (Å²) in [4.78, 5) is 0. The summed E-state index contributed by atoms with van der Waals surface area (Å²) in [5.41, 5.74) is 1.29. The topological polar surface area (TPSA) is 21.3 Å². The predicted molar refractivity (Wildman–Crippen MR) is 73.4 cm³/mol. The maximum atomic E-state index is 5.80. The second kappa shape index (κ2) is 8.13. The summed E-state index contributed by atoms with van der Waals surface area (Å²) in [5.74, 6) is 0.981. The minimum Gasteiger partial charge on any atom is -0.491 e. The molecular weight excluding hydrogens is 210 g/mol. The van der Waals surface area contributed by atoms with Crippen LogP contribution in [0.5, 0.6) is 5.75 Å². The van der Waals surface area contributed by atoms with Crippen LogP contribution in [0.3, 0.4) is 0 Å². The third-order valence-corrected chi connectivity index (χ3v) is 2.85. The van der Waals surface area contributed by atoms with Crippen LogP contribution in [0.2, 0.25) is 0 Å². The van der Waals surface area contributed by atoms with Crippen LogP contribution in [0.15, 0.2) is 24.3 Å². The number of hydrogen-bond acceptors (Lipinski definition) is 2. The van der Waals surface area contributed by atoms with Crippen LogP contribution in [-0.2, 0) is 6.54 Å². The molecule has 2 heteroatoms. The van der Waals surface area contributed by atoms with Crippen LogP contribution < -0.4 is 10.1 Å². The molecule has 0 bridgehead atoms. The number of nitrogens with one attached hydrogen (secondary N) is 1. The maximum Gasteiger partial charge on any atom is 0.120 e. The predicted octanol–water partition coefficient (Wildman–Crippen LogP) is 3.75. The van der Waals surface area contributed by atoms with Crippen molar-refractivity contribution in [2.75, 3.05) is 6.54 Å². The molecule has 1 rings (SSSR count). The lowest BCUT2D eigenvalue weighted by molar-refractivity contribution is 0.217. The van der Waals surface area contributed by atoms with Crippen LogP contribution >= 0.6 is 0 Å². The van der Waals surface area contributed by atoms with Gasteiger partial charge < -0.3 is 10.1 Å². The molecule has 2 nitrogen and oxygen atoms in total. The highest BCUT2D eigenvalue weighted by molar-refractivity contribution is 5.28. The van der Waals surface area contributed by atoms with Gasteiger partial charge in [0.25, 0.3) is 0 Å². The average Bonchev–Trinajstić information content (AvgIpc) is 2.35. The molecule has 96 valence electrons. The third-order valence-electron chi connectivity index (χ3n) is 2.85. The zero-order valence-electron chi connectivity index (χ0n) is 11.3. The zero-order valence-corrected chi connectivity index (χ0v) is 11.3. The Bertz CT molecular complexity index is 312. The normalized spacial score (nSPS) is 12.4. The van der Waals surface area contributed by atoms with E-state index in [1.807, 2.05) is 6.07 Å². The van der Waals surface area contributed by atoms with E-state index < -0.39 is 0 Å². The first-order valence-electron chi connectivity index (χ1n) is 6.72. The Balaban J connectivity index is 2.42. The fraction of sp³-hybridized carbons (Fsp3) is 0.600. The Morgan fingerprint density at radius 1 is 1.29 bits per heavy atom. The van der Waals surface area contributed by atoms with Crippen molar-refractivity contribution in [1.82, 2.24) is 5.32 Å². The van der Waals surface area contributed by atoms with E-state index in [0.29, 0.717) is 6.10 Å². The molecule has 0 aliphatic carbocycles. The van der Waals surface area contributed by atoms with Crippen LogP contribution in [0.1, 0.15) is 45.6 Å². The van der Waals surface area contributed by atoms with E-state index in [1.54, 1.807) is 0 Å². The molecule has 0 amide bonds. The minimum atomic E-state index is 0.290. The molecule has 0 aliphatic rings. The summed E-state index contributed by atoms with van der Waals surface area (Å²) in [6, 6.07) is 8.36. The van der Waals surface area contributed by atoms with Gasteiger partial charge in [-0.2, -0.15) is 0 Å². The largest absolute Gasteiger partial charge is 0.491 e. The Kier molecular flexibility index (Phi) is 6.71. The van der Waals surface area contributed by atoms with E-state index >= 15 is 0 Å². The summed E-state index contributed by atoms with van der Waals surface area (Å²) >= 11 is 0. The smallest absolute Gasteiger partial charge is 0.120 e. The fourth-order valence-corrected chi connectivity index (χ4v) is 1.58. The first-order chi connectivity index (χ1) is 8.26. The average molecular weight is 235 g/mol. The number of rotatable bonds is 8. The molecular formula is C15H25NO. The first-order valence-corrected chi connectivity index (χ1v) is 6.72. The van der Waals surface area contributed by atoms with Crippen molar-refractivity contribution in [3.63, 3.8) is 0 Å². The number of ether oxygens (including phenoxy) is 1. The van der Waals surface area contributed by atoms with Gasteiger partial charge in [0.05, 0.1) is 6.10 Å². The molecule has 0 heterocycles. The third kappa shape index (κ3) is 5.73. The molecule has 1 atom stereocenters. The van der Waals surface area contributed by atoms with E-state index in [2.05, 4.69) is 44.3 Å². The van der Waals surface area contributed by atoms with Crippen LogP contribution in [-0.4, -0.2) is 12.6 Å². The van der Waals surface area contributed by atoms with Gasteiger partial charge in [-0.05, 0) is 44.0 Å². The van der Waals surface area contributed by atoms with E-state index in [9.17, 15) is 0 Å². The first kappa shape index (κ1) is 14.0. The van der Waals surface area contributed by atoms with Gasteiger partial charge in [0, 0.05) is 6.54 Å². The highest BCUT2D eigenvalue weighted by atomic mass is 16.5. The second-order valence-electron chi connectivity index (χ2n) is 4.51. The minimum absolute atomic E-state index is 0.290. The van der Waals surface area contributed by atoms with Crippen LogP contribution in [0, 0.1) is 0 Å². The van der Waals surface area contributed by atoms with Gasteiger partial charge in [0.15, 0.2) is 0 Å². The Morgan fingerprint density at radius 3 is 2.82 bits per heavy atom. The van der Waals surface area contributed by atoms with Crippen molar-refractivity contribution in [2.45, 2.75) is 52.7 Å². The van der Waals surface area contributed by atoms with E-state index in [-0.39, 0.29) is 0 Å². The molecule has 17 heavy (non-hydrogen) atoms. The van der Waals surface area contributed by atoms with Crippen molar-refractivity contribution < 1.29 is 4.74 Å². The van der Waals surface area contributed by atoms with E-state index in [0.717, 1.165) is 25.3 Å². The molecule has 0 saturated carbocycles. The van der Waals surface area contributed by atoms with Crippen molar-refractivity contribution in [3.8, 4) is 5.75 Å². The Hall–Kier alpha value is -1.02. The van der Waals surface area contributed by atoms with Gasteiger partial charge in [-0.3, -0.25) is 0 Å². The monoisotopic (exact) mass is 235 g/mol.